The summed E-state index contributed by atoms with van der Waals surface area (Å²) in [5.74, 6) is 0.664. The number of rotatable bonds is 3. The molecule has 0 heterocycles. The molecule has 2 aromatic rings. The first kappa shape index (κ1) is 14.9. The van der Waals surface area contributed by atoms with Crippen LogP contribution in [-0.4, -0.2) is 13.1 Å². The third-order valence-electron chi connectivity index (χ3n) is 2.45. The van der Waals surface area contributed by atoms with Gasteiger partial charge >= 0.3 is 6.03 Å². The Bertz CT molecular complexity index is 632. The first-order chi connectivity index (χ1) is 9.56. The van der Waals surface area contributed by atoms with Crippen molar-refractivity contribution in [2.45, 2.75) is 0 Å². The molecule has 4 nitrogen and oxygen atoms in total. The highest BCUT2D eigenvalue weighted by Gasteiger charge is 2.05. The van der Waals surface area contributed by atoms with Crippen LogP contribution in [0.4, 0.5) is 16.2 Å². The van der Waals surface area contributed by atoms with Crippen molar-refractivity contribution in [1.82, 2.24) is 0 Å². The minimum absolute atomic E-state index is 0.316. The van der Waals surface area contributed by atoms with E-state index in [0.29, 0.717) is 17.1 Å². The summed E-state index contributed by atoms with van der Waals surface area (Å²) in [6.45, 7) is 0. The molecule has 2 N–H and O–H groups in total. The number of anilines is 2. The number of amides is 2. The summed E-state index contributed by atoms with van der Waals surface area (Å²) in [4.78, 5) is 11.9. The third kappa shape index (κ3) is 4.25. The van der Waals surface area contributed by atoms with Gasteiger partial charge in [0.05, 0.1) is 7.11 Å². The van der Waals surface area contributed by atoms with Gasteiger partial charge in [-0.1, -0.05) is 37.9 Å². The third-order valence-corrected chi connectivity index (χ3v) is 3.40. The molecule has 20 heavy (non-hydrogen) atoms. The van der Waals surface area contributed by atoms with E-state index in [-0.39, 0.29) is 6.03 Å². The second kappa shape index (κ2) is 6.76. The number of halogens is 2. The van der Waals surface area contributed by atoms with Crippen LogP contribution in [0.5, 0.6) is 5.75 Å². The minimum atomic E-state index is -0.316. The van der Waals surface area contributed by atoms with Gasteiger partial charge in [-0.3, -0.25) is 0 Å². The summed E-state index contributed by atoms with van der Waals surface area (Å²) in [6, 6.07) is 12.4. The van der Waals surface area contributed by atoms with Gasteiger partial charge in [0.1, 0.15) is 5.75 Å². The van der Waals surface area contributed by atoms with E-state index in [1.165, 1.54) is 0 Å². The average molecular weight is 400 g/mol. The maximum absolute atomic E-state index is 11.9. The summed E-state index contributed by atoms with van der Waals surface area (Å²) in [5, 5.41) is 5.50. The van der Waals surface area contributed by atoms with Crippen molar-refractivity contribution < 1.29 is 9.53 Å². The van der Waals surface area contributed by atoms with Crippen LogP contribution in [0.25, 0.3) is 0 Å². The topological polar surface area (TPSA) is 50.4 Å². The maximum atomic E-state index is 11.9. The zero-order valence-electron chi connectivity index (χ0n) is 10.6. The summed E-state index contributed by atoms with van der Waals surface area (Å²) < 4.78 is 6.87. The molecule has 0 spiro atoms. The van der Waals surface area contributed by atoms with Gasteiger partial charge in [0.2, 0.25) is 0 Å². The zero-order chi connectivity index (χ0) is 14.5. The number of carbonyl (C=O) groups excluding carboxylic acids is 1. The van der Waals surface area contributed by atoms with Crippen LogP contribution in [0.1, 0.15) is 0 Å². The highest BCUT2D eigenvalue weighted by Crippen LogP contribution is 2.24. The van der Waals surface area contributed by atoms with Crippen molar-refractivity contribution in [3.8, 4) is 5.75 Å². The Hall–Kier alpha value is -1.53. The van der Waals surface area contributed by atoms with E-state index in [1.54, 1.807) is 19.2 Å². The first-order valence-electron chi connectivity index (χ1n) is 5.75. The lowest BCUT2D eigenvalue weighted by Gasteiger charge is -2.09. The lowest BCUT2D eigenvalue weighted by Crippen LogP contribution is -2.19. The van der Waals surface area contributed by atoms with Crippen LogP contribution in [0.15, 0.2) is 51.4 Å². The quantitative estimate of drug-likeness (QED) is 0.773. The van der Waals surface area contributed by atoms with Crippen LogP contribution >= 0.6 is 31.9 Å². The van der Waals surface area contributed by atoms with Crippen LogP contribution < -0.4 is 15.4 Å². The standard InChI is InChI=1S/C14H12Br2N2O2/c1-20-13-7-10(16)6-12(8-13)18-14(19)17-11-4-2-3-9(15)5-11/h2-8H,1H3,(H2,17,18,19). The Morgan fingerprint density at radius 2 is 1.70 bits per heavy atom. The number of ether oxygens (including phenoxy) is 1. The Morgan fingerprint density at radius 1 is 1.00 bits per heavy atom. The van der Waals surface area contributed by atoms with Gasteiger partial charge in [-0.2, -0.15) is 0 Å². The monoisotopic (exact) mass is 398 g/mol. The Labute approximate surface area is 133 Å². The fourth-order valence-electron chi connectivity index (χ4n) is 1.61. The number of methoxy groups -OCH3 is 1. The summed E-state index contributed by atoms with van der Waals surface area (Å²) in [6.07, 6.45) is 0. The van der Waals surface area contributed by atoms with Crippen molar-refractivity contribution in [2.24, 2.45) is 0 Å². The van der Waals surface area contributed by atoms with Crippen LogP contribution in [0, 0.1) is 0 Å². The number of benzene rings is 2. The van der Waals surface area contributed by atoms with Gasteiger partial charge in [-0.25, -0.2) is 4.79 Å². The van der Waals surface area contributed by atoms with Gasteiger partial charge in [0, 0.05) is 26.4 Å². The van der Waals surface area contributed by atoms with Crippen molar-refractivity contribution in [1.29, 1.82) is 0 Å². The molecule has 0 aliphatic rings. The number of urea groups is 1. The largest absolute Gasteiger partial charge is 0.497 e. The lowest BCUT2D eigenvalue weighted by molar-refractivity contribution is 0.262. The SMILES string of the molecule is COc1cc(Br)cc(NC(=O)Nc2cccc(Br)c2)c1. The molecule has 0 bridgehead atoms. The van der Waals surface area contributed by atoms with Crippen molar-refractivity contribution in [3.63, 3.8) is 0 Å². The van der Waals surface area contributed by atoms with E-state index in [2.05, 4.69) is 42.5 Å². The molecular formula is C14H12Br2N2O2. The number of carbonyl (C=O) groups is 1. The molecule has 0 aliphatic carbocycles. The fourth-order valence-corrected chi connectivity index (χ4v) is 2.48. The summed E-state index contributed by atoms with van der Waals surface area (Å²) in [5.41, 5.74) is 1.35. The maximum Gasteiger partial charge on any atom is 0.323 e. The summed E-state index contributed by atoms with van der Waals surface area (Å²) >= 11 is 6.72. The second-order valence-electron chi connectivity index (χ2n) is 3.97. The number of hydrogen-bond acceptors (Lipinski definition) is 2. The van der Waals surface area contributed by atoms with E-state index >= 15 is 0 Å². The highest BCUT2D eigenvalue weighted by molar-refractivity contribution is 9.10. The lowest BCUT2D eigenvalue weighted by atomic mass is 10.3. The molecule has 6 heteroatoms. The molecule has 0 saturated carbocycles. The van der Waals surface area contributed by atoms with Gasteiger partial charge in [-0.05, 0) is 30.3 Å². The van der Waals surface area contributed by atoms with E-state index < -0.39 is 0 Å². The van der Waals surface area contributed by atoms with E-state index in [1.807, 2.05) is 30.3 Å². The highest BCUT2D eigenvalue weighted by atomic mass is 79.9. The molecule has 0 aliphatic heterocycles. The molecule has 0 aromatic heterocycles. The Balaban J connectivity index is 2.06. The van der Waals surface area contributed by atoms with Crippen LogP contribution in [0.3, 0.4) is 0 Å². The fraction of sp³-hybridized carbons (Fsp3) is 0.0714. The molecule has 2 aromatic carbocycles. The van der Waals surface area contributed by atoms with Crippen LogP contribution in [-0.2, 0) is 0 Å². The Morgan fingerprint density at radius 3 is 2.40 bits per heavy atom. The molecule has 2 amide bonds. The van der Waals surface area contributed by atoms with E-state index in [0.717, 1.165) is 8.95 Å². The average Bonchev–Trinajstić information content (AvgIpc) is 2.37. The predicted octanol–water partition coefficient (Wildman–Crippen LogP) is 4.86. The molecule has 0 unspecified atom stereocenters. The smallest absolute Gasteiger partial charge is 0.323 e. The van der Waals surface area contributed by atoms with Crippen molar-refractivity contribution in [2.75, 3.05) is 17.7 Å². The second-order valence-corrected chi connectivity index (χ2v) is 5.80. The zero-order valence-corrected chi connectivity index (χ0v) is 13.8. The first-order valence-corrected chi connectivity index (χ1v) is 7.33. The number of nitrogens with one attached hydrogen (secondary N) is 2. The molecule has 0 saturated heterocycles. The van der Waals surface area contributed by atoms with Crippen molar-refractivity contribution >= 4 is 49.3 Å². The van der Waals surface area contributed by atoms with E-state index in [9.17, 15) is 4.79 Å². The van der Waals surface area contributed by atoms with Gasteiger partial charge in [0.25, 0.3) is 0 Å². The molecule has 0 fully saturated rings. The number of hydrogen-bond donors (Lipinski definition) is 2. The van der Waals surface area contributed by atoms with Crippen molar-refractivity contribution in [3.05, 3.63) is 51.4 Å². The molecule has 104 valence electrons. The predicted molar refractivity (Wildman–Crippen MR) is 87.5 cm³/mol. The van der Waals surface area contributed by atoms with E-state index in [4.69, 9.17) is 4.74 Å². The van der Waals surface area contributed by atoms with Gasteiger partial charge < -0.3 is 15.4 Å². The normalized spacial score (nSPS) is 9.95. The minimum Gasteiger partial charge on any atom is -0.497 e. The molecular weight excluding hydrogens is 388 g/mol. The van der Waals surface area contributed by atoms with Gasteiger partial charge in [0.15, 0.2) is 0 Å². The summed E-state index contributed by atoms with van der Waals surface area (Å²) in [7, 11) is 1.58. The Kier molecular flexibility index (Phi) is 5.03. The van der Waals surface area contributed by atoms with Crippen LogP contribution in [0.2, 0.25) is 0 Å². The van der Waals surface area contributed by atoms with Gasteiger partial charge in [-0.15, -0.1) is 0 Å². The molecule has 0 atom stereocenters. The molecule has 2 rings (SSSR count). The molecule has 0 radical (unpaired) electrons.